The van der Waals surface area contributed by atoms with Crippen LogP contribution < -0.4 is 5.32 Å². The molecule has 0 saturated carbocycles. The number of ether oxygens (including phenoxy) is 1. The van der Waals surface area contributed by atoms with Gasteiger partial charge in [0.1, 0.15) is 5.69 Å². The molecule has 0 saturated heterocycles. The van der Waals surface area contributed by atoms with E-state index in [9.17, 15) is 9.59 Å². The van der Waals surface area contributed by atoms with Crippen LogP contribution >= 0.6 is 0 Å². The van der Waals surface area contributed by atoms with Crippen molar-refractivity contribution in [3.05, 3.63) is 95.3 Å². The number of anilines is 1. The standard InChI is InChI=1S/C22H16N2O3/c1-27-22(26)18-8-4-6-16(14-18)11-12-17-7-5-9-19(15-17)24-21(25)20-10-2-3-13-23-20/h2-10,13-15H,1H3,(H,24,25). The van der Waals surface area contributed by atoms with Crippen molar-refractivity contribution in [1.82, 2.24) is 4.98 Å². The molecule has 1 amide bonds. The average molecular weight is 356 g/mol. The van der Waals surface area contributed by atoms with Gasteiger partial charge in [0.15, 0.2) is 0 Å². The number of carbonyl (C=O) groups is 2. The van der Waals surface area contributed by atoms with E-state index in [4.69, 9.17) is 4.74 Å². The summed E-state index contributed by atoms with van der Waals surface area (Å²) in [6.07, 6.45) is 1.57. The molecule has 2 aromatic carbocycles. The van der Waals surface area contributed by atoms with E-state index in [0.717, 1.165) is 5.56 Å². The highest BCUT2D eigenvalue weighted by Gasteiger charge is 2.07. The fraction of sp³-hybridized carbons (Fsp3) is 0.0455. The zero-order valence-electron chi connectivity index (χ0n) is 14.6. The van der Waals surface area contributed by atoms with Crippen molar-refractivity contribution < 1.29 is 14.3 Å². The molecule has 1 aromatic heterocycles. The lowest BCUT2D eigenvalue weighted by molar-refractivity contribution is 0.0600. The number of benzene rings is 2. The minimum Gasteiger partial charge on any atom is -0.465 e. The molecule has 3 rings (SSSR count). The summed E-state index contributed by atoms with van der Waals surface area (Å²) in [5.74, 6) is 5.35. The lowest BCUT2D eigenvalue weighted by Crippen LogP contribution is -2.13. The fourth-order valence-corrected chi connectivity index (χ4v) is 2.35. The lowest BCUT2D eigenvalue weighted by Gasteiger charge is -2.04. The summed E-state index contributed by atoms with van der Waals surface area (Å²) in [7, 11) is 1.34. The van der Waals surface area contributed by atoms with Crippen LogP contribution in [-0.4, -0.2) is 24.0 Å². The maximum atomic E-state index is 12.2. The number of nitrogens with one attached hydrogen (secondary N) is 1. The second-order valence-electron chi connectivity index (χ2n) is 5.57. The van der Waals surface area contributed by atoms with E-state index in [1.54, 1.807) is 54.7 Å². The molecule has 1 N–H and O–H groups in total. The average Bonchev–Trinajstić information content (AvgIpc) is 2.73. The van der Waals surface area contributed by atoms with E-state index in [2.05, 4.69) is 22.1 Å². The van der Waals surface area contributed by atoms with Crippen LogP contribution in [0.5, 0.6) is 0 Å². The van der Waals surface area contributed by atoms with Gasteiger partial charge in [-0.3, -0.25) is 9.78 Å². The number of pyridine rings is 1. The smallest absolute Gasteiger partial charge is 0.337 e. The Morgan fingerprint density at radius 2 is 1.67 bits per heavy atom. The van der Waals surface area contributed by atoms with Gasteiger partial charge < -0.3 is 10.1 Å². The molecule has 0 fully saturated rings. The van der Waals surface area contributed by atoms with Crippen LogP contribution in [0.25, 0.3) is 0 Å². The van der Waals surface area contributed by atoms with E-state index >= 15 is 0 Å². The number of nitrogens with zero attached hydrogens (tertiary/aromatic N) is 1. The summed E-state index contributed by atoms with van der Waals surface area (Å²) in [6.45, 7) is 0. The van der Waals surface area contributed by atoms with Crippen molar-refractivity contribution in [1.29, 1.82) is 0 Å². The molecule has 0 aliphatic rings. The molecule has 0 atom stereocenters. The van der Waals surface area contributed by atoms with Gasteiger partial charge in [-0.05, 0) is 48.5 Å². The minimum atomic E-state index is -0.405. The van der Waals surface area contributed by atoms with Gasteiger partial charge in [-0.2, -0.15) is 0 Å². The topological polar surface area (TPSA) is 68.3 Å². The minimum absolute atomic E-state index is 0.286. The van der Waals surface area contributed by atoms with Crippen LogP contribution in [0.1, 0.15) is 32.0 Å². The van der Waals surface area contributed by atoms with Gasteiger partial charge >= 0.3 is 5.97 Å². The zero-order valence-corrected chi connectivity index (χ0v) is 14.6. The van der Waals surface area contributed by atoms with Gasteiger partial charge in [-0.1, -0.05) is 30.0 Å². The molecule has 0 bridgehead atoms. The van der Waals surface area contributed by atoms with E-state index in [0.29, 0.717) is 22.5 Å². The fourth-order valence-electron chi connectivity index (χ4n) is 2.35. The number of esters is 1. The van der Waals surface area contributed by atoms with E-state index in [1.165, 1.54) is 7.11 Å². The van der Waals surface area contributed by atoms with Crippen molar-refractivity contribution >= 4 is 17.6 Å². The Kier molecular flexibility index (Phi) is 5.60. The molecule has 5 heteroatoms. The van der Waals surface area contributed by atoms with Crippen LogP contribution in [0.15, 0.2) is 72.9 Å². The monoisotopic (exact) mass is 356 g/mol. The summed E-state index contributed by atoms with van der Waals surface area (Å²) in [5.41, 5.74) is 2.84. The predicted octanol–water partition coefficient (Wildman–Crippen LogP) is 3.52. The third kappa shape index (κ3) is 4.80. The normalized spacial score (nSPS) is 9.67. The molecule has 0 unspecified atom stereocenters. The second kappa shape index (κ2) is 8.45. The summed E-state index contributed by atoms with van der Waals surface area (Å²) < 4.78 is 4.71. The summed E-state index contributed by atoms with van der Waals surface area (Å²) >= 11 is 0. The van der Waals surface area contributed by atoms with Crippen molar-refractivity contribution in [3.8, 4) is 11.8 Å². The quantitative estimate of drug-likeness (QED) is 0.576. The molecule has 27 heavy (non-hydrogen) atoms. The Morgan fingerprint density at radius 3 is 2.37 bits per heavy atom. The first-order valence-electron chi connectivity index (χ1n) is 8.18. The molecule has 0 aliphatic carbocycles. The number of aromatic nitrogens is 1. The van der Waals surface area contributed by atoms with Crippen LogP contribution in [0.4, 0.5) is 5.69 Å². The van der Waals surface area contributed by atoms with Gasteiger partial charge in [0.25, 0.3) is 5.91 Å². The molecule has 1 heterocycles. The molecule has 0 spiro atoms. The maximum absolute atomic E-state index is 12.2. The Morgan fingerprint density at radius 1 is 0.926 bits per heavy atom. The van der Waals surface area contributed by atoms with E-state index in [1.807, 2.05) is 18.2 Å². The van der Waals surface area contributed by atoms with Gasteiger partial charge in [-0.15, -0.1) is 0 Å². The highest BCUT2D eigenvalue weighted by molar-refractivity contribution is 6.02. The van der Waals surface area contributed by atoms with Crippen molar-refractivity contribution in [2.45, 2.75) is 0 Å². The van der Waals surface area contributed by atoms with Crippen molar-refractivity contribution in [2.75, 3.05) is 12.4 Å². The molecule has 3 aromatic rings. The van der Waals surface area contributed by atoms with Crippen LogP contribution in [-0.2, 0) is 4.74 Å². The Bertz CT molecular complexity index is 1030. The molecule has 132 valence electrons. The lowest BCUT2D eigenvalue weighted by atomic mass is 10.1. The maximum Gasteiger partial charge on any atom is 0.337 e. The third-order valence-corrected chi connectivity index (χ3v) is 3.65. The van der Waals surface area contributed by atoms with Crippen molar-refractivity contribution in [3.63, 3.8) is 0 Å². The largest absolute Gasteiger partial charge is 0.465 e. The zero-order chi connectivity index (χ0) is 19.1. The van der Waals surface area contributed by atoms with E-state index in [-0.39, 0.29) is 5.91 Å². The van der Waals surface area contributed by atoms with Gasteiger partial charge in [0.05, 0.1) is 12.7 Å². The molecular formula is C22H16N2O3. The second-order valence-corrected chi connectivity index (χ2v) is 5.57. The molecule has 0 radical (unpaired) electrons. The number of amides is 1. The summed E-state index contributed by atoms with van der Waals surface area (Å²) in [5, 5.41) is 2.80. The number of rotatable bonds is 3. The molecule has 0 aliphatic heterocycles. The van der Waals surface area contributed by atoms with Crippen LogP contribution in [0.2, 0.25) is 0 Å². The molecule has 5 nitrogen and oxygen atoms in total. The Labute approximate surface area is 157 Å². The van der Waals surface area contributed by atoms with Crippen molar-refractivity contribution in [2.24, 2.45) is 0 Å². The number of hydrogen-bond donors (Lipinski definition) is 1. The first-order chi connectivity index (χ1) is 13.2. The highest BCUT2D eigenvalue weighted by Crippen LogP contribution is 2.12. The Balaban J connectivity index is 1.76. The third-order valence-electron chi connectivity index (χ3n) is 3.65. The summed E-state index contributed by atoms with van der Waals surface area (Å²) in [6, 6.07) is 19.3. The first-order valence-corrected chi connectivity index (χ1v) is 8.18. The summed E-state index contributed by atoms with van der Waals surface area (Å²) in [4.78, 5) is 27.8. The van der Waals surface area contributed by atoms with Gasteiger partial charge in [0.2, 0.25) is 0 Å². The number of methoxy groups -OCH3 is 1. The van der Waals surface area contributed by atoms with Gasteiger partial charge in [-0.25, -0.2) is 4.79 Å². The van der Waals surface area contributed by atoms with Crippen LogP contribution in [0, 0.1) is 11.8 Å². The Hall–Kier alpha value is -3.91. The highest BCUT2D eigenvalue weighted by atomic mass is 16.5. The van der Waals surface area contributed by atoms with Gasteiger partial charge in [0, 0.05) is 23.0 Å². The van der Waals surface area contributed by atoms with Crippen LogP contribution in [0.3, 0.4) is 0 Å². The number of hydrogen-bond acceptors (Lipinski definition) is 4. The number of carbonyl (C=O) groups excluding carboxylic acids is 2. The first kappa shape index (κ1) is 17.9. The SMILES string of the molecule is COC(=O)c1cccc(C#Cc2cccc(NC(=O)c3ccccn3)c2)c1. The predicted molar refractivity (Wildman–Crippen MR) is 102 cm³/mol. The molecular weight excluding hydrogens is 340 g/mol. The van der Waals surface area contributed by atoms with E-state index < -0.39 is 5.97 Å².